The average Bonchev–Trinajstić information content (AvgIpc) is 2.07. The van der Waals surface area contributed by atoms with Crippen molar-refractivity contribution in [1.29, 1.82) is 0 Å². The molecule has 0 saturated heterocycles. The second kappa shape index (κ2) is 4.36. The van der Waals surface area contributed by atoms with Crippen molar-refractivity contribution in [3.8, 4) is 0 Å². The molecule has 0 aromatic heterocycles. The maximum atomic E-state index is 5.77. The smallest absolute Gasteiger partial charge is 0.0414 e. The predicted molar refractivity (Wildman–Crippen MR) is 63.7 cm³/mol. The van der Waals surface area contributed by atoms with Crippen molar-refractivity contribution < 1.29 is 0 Å². The standard InChI is InChI=1S/C12H20N2/c1-9(2)7-10-5-6-11(13)8-12(10)14(3)4/h5-6,8-9H,7,13H2,1-4H3. The maximum absolute atomic E-state index is 5.77. The molecule has 0 fully saturated rings. The Labute approximate surface area is 86.7 Å². The van der Waals surface area contributed by atoms with Gasteiger partial charge < -0.3 is 10.6 Å². The summed E-state index contributed by atoms with van der Waals surface area (Å²) in [5.74, 6) is 0.678. The van der Waals surface area contributed by atoms with Gasteiger partial charge in [0.2, 0.25) is 0 Å². The second-order valence-corrected chi connectivity index (χ2v) is 4.38. The van der Waals surface area contributed by atoms with Gasteiger partial charge in [-0.05, 0) is 30.0 Å². The molecule has 0 aliphatic rings. The Bertz CT molecular complexity index is 303. The molecule has 1 aromatic rings. The van der Waals surface area contributed by atoms with Crippen LogP contribution in [0.15, 0.2) is 18.2 Å². The first-order valence-electron chi connectivity index (χ1n) is 5.06. The van der Waals surface area contributed by atoms with E-state index in [9.17, 15) is 0 Å². The van der Waals surface area contributed by atoms with Crippen LogP contribution in [0.2, 0.25) is 0 Å². The Morgan fingerprint density at radius 3 is 2.43 bits per heavy atom. The number of nitrogen functional groups attached to an aromatic ring is 1. The highest BCUT2D eigenvalue weighted by atomic mass is 15.1. The fraction of sp³-hybridized carbons (Fsp3) is 0.500. The topological polar surface area (TPSA) is 29.3 Å². The van der Waals surface area contributed by atoms with Crippen LogP contribution >= 0.6 is 0 Å². The number of anilines is 2. The molecule has 1 aromatic carbocycles. The van der Waals surface area contributed by atoms with Gasteiger partial charge in [-0.2, -0.15) is 0 Å². The van der Waals surface area contributed by atoms with Crippen LogP contribution in [0.1, 0.15) is 19.4 Å². The molecule has 0 spiro atoms. The summed E-state index contributed by atoms with van der Waals surface area (Å²) in [6.45, 7) is 4.46. The zero-order chi connectivity index (χ0) is 10.7. The normalized spacial score (nSPS) is 10.6. The number of nitrogens with two attached hydrogens (primary N) is 1. The molecule has 0 aliphatic heterocycles. The van der Waals surface area contributed by atoms with Crippen molar-refractivity contribution in [2.24, 2.45) is 5.92 Å². The van der Waals surface area contributed by atoms with E-state index >= 15 is 0 Å². The van der Waals surface area contributed by atoms with Crippen molar-refractivity contribution in [2.45, 2.75) is 20.3 Å². The van der Waals surface area contributed by atoms with Crippen LogP contribution in [0.3, 0.4) is 0 Å². The first-order chi connectivity index (χ1) is 6.50. The maximum Gasteiger partial charge on any atom is 0.0414 e. The van der Waals surface area contributed by atoms with Crippen LogP contribution < -0.4 is 10.6 Å². The lowest BCUT2D eigenvalue weighted by Gasteiger charge is -2.19. The van der Waals surface area contributed by atoms with Gasteiger partial charge in [0, 0.05) is 25.5 Å². The molecular weight excluding hydrogens is 172 g/mol. The first kappa shape index (κ1) is 10.9. The lowest BCUT2D eigenvalue weighted by atomic mass is 10.0. The van der Waals surface area contributed by atoms with E-state index in [4.69, 9.17) is 5.73 Å². The number of hydrogen-bond donors (Lipinski definition) is 1. The van der Waals surface area contributed by atoms with Crippen molar-refractivity contribution >= 4 is 11.4 Å². The van der Waals surface area contributed by atoms with Crippen LogP contribution in [0, 0.1) is 5.92 Å². The summed E-state index contributed by atoms with van der Waals surface area (Å²) in [5, 5.41) is 0. The molecule has 2 nitrogen and oxygen atoms in total. The van der Waals surface area contributed by atoms with Gasteiger partial charge in [-0.3, -0.25) is 0 Å². The highest BCUT2D eigenvalue weighted by Gasteiger charge is 2.06. The van der Waals surface area contributed by atoms with Gasteiger partial charge in [0.1, 0.15) is 0 Å². The van der Waals surface area contributed by atoms with Crippen molar-refractivity contribution in [1.82, 2.24) is 0 Å². The number of hydrogen-bond acceptors (Lipinski definition) is 2. The van der Waals surface area contributed by atoms with E-state index in [-0.39, 0.29) is 0 Å². The number of nitrogens with zero attached hydrogens (tertiary/aromatic N) is 1. The molecule has 0 amide bonds. The highest BCUT2D eigenvalue weighted by molar-refractivity contribution is 5.60. The fourth-order valence-electron chi connectivity index (χ4n) is 1.61. The van der Waals surface area contributed by atoms with Gasteiger partial charge in [0.05, 0.1) is 0 Å². The Morgan fingerprint density at radius 2 is 1.93 bits per heavy atom. The van der Waals surface area contributed by atoms with E-state index in [2.05, 4.69) is 38.9 Å². The van der Waals surface area contributed by atoms with Crippen LogP contribution in [-0.2, 0) is 6.42 Å². The molecule has 0 bridgehead atoms. The summed E-state index contributed by atoms with van der Waals surface area (Å²) in [6.07, 6.45) is 1.10. The second-order valence-electron chi connectivity index (χ2n) is 4.38. The Hall–Kier alpha value is -1.18. The molecule has 78 valence electrons. The van der Waals surface area contributed by atoms with Crippen LogP contribution in [0.25, 0.3) is 0 Å². The molecule has 14 heavy (non-hydrogen) atoms. The number of benzene rings is 1. The zero-order valence-electron chi connectivity index (χ0n) is 9.54. The van der Waals surface area contributed by atoms with E-state index in [0.29, 0.717) is 5.92 Å². The molecule has 1 rings (SSSR count). The van der Waals surface area contributed by atoms with Gasteiger partial charge in [0.15, 0.2) is 0 Å². The van der Waals surface area contributed by atoms with Crippen molar-refractivity contribution in [3.05, 3.63) is 23.8 Å². The summed E-state index contributed by atoms with van der Waals surface area (Å²) in [7, 11) is 4.11. The van der Waals surface area contributed by atoms with Gasteiger partial charge in [-0.25, -0.2) is 0 Å². The lowest BCUT2D eigenvalue weighted by Crippen LogP contribution is -2.12. The minimum atomic E-state index is 0.678. The summed E-state index contributed by atoms with van der Waals surface area (Å²) < 4.78 is 0. The molecular formula is C12H20N2. The largest absolute Gasteiger partial charge is 0.399 e. The average molecular weight is 192 g/mol. The summed E-state index contributed by atoms with van der Waals surface area (Å²) in [4.78, 5) is 2.12. The molecule has 2 heteroatoms. The third-order valence-corrected chi connectivity index (χ3v) is 2.22. The molecule has 0 saturated carbocycles. The quantitative estimate of drug-likeness (QED) is 0.746. The minimum absolute atomic E-state index is 0.678. The molecule has 0 radical (unpaired) electrons. The SMILES string of the molecule is CC(C)Cc1ccc(N)cc1N(C)C. The van der Waals surface area contributed by atoms with Crippen LogP contribution in [-0.4, -0.2) is 14.1 Å². The van der Waals surface area contributed by atoms with Gasteiger partial charge >= 0.3 is 0 Å². The molecule has 0 unspecified atom stereocenters. The first-order valence-corrected chi connectivity index (χ1v) is 5.06. The van der Waals surface area contributed by atoms with E-state index in [0.717, 1.165) is 12.1 Å². The fourth-order valence-corrected chi connectivity index (χ4v) is 1.61. The van der Waals surface area contributed by atoms with Gasteiger partial charge in [-0.15, -0.1) is 0 Å². The minimum Gasteiger partial charge on any atom is -0.399 e. The lowest BCUT2D eigenvalue weighted by molar-refractivity contribution is 0.647. The number of rotatable bonds is 3. The Kier molecular flexibility index (Phi) is 3.39. The Morgan fingerprint density at radius 1 is 1.29 bits per heavy atom. The van der Waals surface area contributed by atoms with Gasteiger partial charge in [-0.1, -0.05) is 19.9 Å². The van der Waals surface area contributed by atoms with E-state index in [1.54, 1.807) is 0 Å². The van der Waals surface area contributed by atoms with E-state index in [1.165, 1.54) is 11.3 Å². The van der Waals surface area contributed by atoms with E-state index < -0.39 is 0 Å². The predicted octanol–water partition coefficient (Wildman–Crippen LogP) is 2.53. The molecule has 0 aliphatic carbocycles. The van der Waals surface area contributed by atoms with Crippen molar-refractivity contribution in [3.63, 3.8) is 0 Å². The van der Waals surface area contributed by atoms with Crippen LogP contribution in [0.5, 0.6) is 0 Å². The Balaban J connectivity index is 3.02. The molecule has 2 N–H and O–H groups in total. The third kappa shape index (κ3) is 2.66. The molecule has 0 heterocycles. The summed E-state index contributed by atoms with van der Waals surface area (Å²) in [5.41, 5.74) is 9.21. The van der Waals surface area contributed by atoms with Crippen molar-refractivity contribution in [2.75, 3.05) is 24.7 Å². The summed E-state index contributed by atoms with van der Waals surface area (Å²) >= 11 is 0. The monoisotopic (exact) mass is 192 g/mol. The van der Waals surface area contributed by atoms with E-state index in [1.807, 2.05) is 12.1 Å². The third-order valence-electron chi connectivity index (χ3n) is 2.22. The highest BCUT2D eigenvalue weighted by Crippen LogP contribution is 2.24. The van der Waals surface area contributed by atoms with Gasteiger partial charge in [0.25, 0.3) is 0 Å². The summed E-state index contributed by atoms with van der Waals surface area (Å²) in [6, 6.07) is 6.15. The van der Waals surface area contributed by atoms with Crippen LogP contribution in [0.4, 0.5) is 11.4 Å². The zero-order valence-corrected chi connectivity index (χ0v) is 9.54. The molecule has 0 atom stereocenters.